The quantitative estimate of drug-likeness (QED) is 0.845. The SMILES string of the molecule is CCn1cncc1CN1CCc2nc(C)n(C)c(=O)c2CC1. The molecule has 0 amide bonds. The van der Waals surface area contributed by atoms with Gasteiger partial charge in [-0.2, -0.15) is 0 Å². The topological polar surface area (TPSA) is 56.0 Å². The van der Waals surface area contributed by atoms with Crippen molar-refractivity contribution < 1.29 is 0 Å². The van der Waals surface area contributed by atoms with Gasteiger partial charge in [-0.1, -0.05) is 0 Å². The fourth-order valence-electron chi connectivity index (χ4n) is 3.07. The molecule has 1 aliphatic rings. The summed E-state index contributed by atoms with van der Waals surface area (Å²) in [5, 5.41) is 0. The zero-order chi connectivity index (χ0) is 15.7. The summed E-state index contributed by atoms with van der Waals surface area (Å²) in [4.78, 5) is 23.6. The molecule has 118 valence electrons. The van der Waals surface area contributed by atoms with Crippen molar-refractivity contribution in [1.29, 1.82) is 0 Å². The molecule has 0 spiro atoms. The van der Waals surface area contributed by atoms with Gasteiger partial charge in [0.2, 0.25) is 0 Å². The van der Waals surface area contributed by atoms with Crippen molar-refractivity contribution in [3.63, 3.8) is 0 Å². The van der Waals surface area contributed by atoms with E-state index in [9.17, 15) is 4.79 Å². The minimum Gasteiger partial charge on any atom is -0.334 e. The molecule has 0 saturated carbocycles. The van der Waals surface area contributed by atoms with Crippen LogP contribution in [0.15, 0.2) is 17.3 Å². The number of fused-ring (bicyclic) bond motifs is 1. The molecule has 0 bridgehead atoms. The first-order chi connectivity index (χ1) is 10.6. The lowest BCUT2D eigenvalue weighted by atomic mass is 10.1. The van der Waals surface area contributed by atoms with Crippen molar-refractivity contribution in [1.82, 2.24) is 24.0 Å². The van der Waals surface area contributed by atoms with E-state index in [0.717, 1.165) is 56.1 Å². The normalized spacial score (nSPS) is 15.6. The van der Waals surface area contributed by atoms with Crippen molar-refractivity contribution in [2.24, 2.45) is 7.05 Å². The van der Waals surface area contributed by atoms with Crippen molar-refractivity contribution >= 4 is 0 Å². The summed E-state index contributed by atoms with van der Waals surface area (Å²) in [6.45, 7) is 7.65. The predicted molar refractivity (Wildman–Crippen MR) is 84.8 cm³/mol. The first kappa shape index (κ1) is 15.0. The van der Waals surface area contributed by atoms with Gasteiger partial charge < -0.3 is 4.57 Å². The standard InChI is InChI=1S/C16H23N5O/c1-4-21-11-17-9-13(21)10-20-7-5-14-15(6-8-20)18-12(2)19(3)16(14)22/h9,11H,4-8,10H2,1-3H3. The Labute approximate surface area is 130 Å². The first-order valence-electron chi connectivity index (χ1n) is 7.87. The van der Waals surface area contributed by atoms with E-state index in [1.165, 1.54) is 5.69 Å². The van der Waals surface area contributed by atoms with Gasteiger partial charge in [-0.3, -0.25) is 14.3 Å². The van der Waals surface area contributed by atoms with E-state index in [1.807, 2.05) is 19.4 Å². The first-order valence-corrected chi connectivity index (χ1v) is 7.87. The van der Waals surface area contributed by atoms with Crippen LogP contribution in [0.4, 0.5) is 0 Å². The molecule has 6 nitrogen and oxygen atoms in total. The highest BCUT2D eigenvalue weighted by Crippen LogP contribution is 2.13. The van der Waals surface area contributed by atoms with Crippen LogP contribution in [-0.4, -0.2) is 37.1 Å². The van der Waals surface area contributed by atoms with Gasteiger partial charge in [0.05, 0.1) is 17.7 Å². The molecule has 0 aliphatic carbocycles. The fraction of sp³-hybridized carbons (Fsp3) is 0.562. The highest BCUT2D eigenvalue weighted by molar-refractivity contribution is 5.21. The van der Waals surface area contributed by atoms with Crippen molar-refractivity contribution in [3.8, 4) is 0 Å². The Bertz CT molecular complexity index is 731. The maximum Gasteiger partial charge on any atom is 0.256 e. The Hall–Kier alpha value is -1.95. The second kappa shape index (κ2) is 6.04. The lowest BCUT2D eigenvalue weighted by Crippen LogP contribution is -2.28. The summed E-state index contributed by atoms with van der Waals surface area (Å²) in [6, 6.07) is 0. The summed E-state index contributed by atoms with van der Waals surface area (Å²) in [6.07, 6.45) is 5.42. The molecule has 0 N–H and O–H groups in total. The van der Waals surface area contributed by atoms with Gasteiger partial charge >= 0.3 is 0 Å². The van der Waals surface area contributed by atoms with Crippen molar-refractivity contribution in [2.75, 3.05) is 13.1 Å². The summed E-state index contributed by atoms with van der Waals surface area (Å²) in [5.41, 5.74) is 3.21. The summed E-state index contributed by atoms with van der Waals surface area (Å²) in [7, 11) is 1.80. The van der Waals surface area contributed by atoms with Crippen LogP contribution in [0, 0.1) is 6.92 Å². The smallest absolute Gasteiger partial charge is 0.256 e. The maximum atomic E-state index is 12.4. The van der Waals surface area contributed by atoms with Crippen LogP contribution in [0.1, 0.15) is 29.7 Å². The van der Waals surface area contributed by atoms with Crippen molar-refractivity contribution in [2.45, 2.75) is 39.8 Å². The maximum absolute atomic E-state index is 12.4. The largest absolute Gasteiger partial charge is 0.334 e. The highest BCUT2D eigenvalue weighted by Gasteiger charge is 2.20. The third kappa shape index (κ3) is 2.70. The lowest BCUT2D eigenvalue weighted by Gasteiger charge is -2.19. The summed E-state index contributed by atoms with van der Waals surface area (Å²) in [5.74, 6) is 0.793. The van der Waals surface area contributed by atoms with E-state index < -0.39 is 0 Å². The van der Waals surface area contributed by atoms with Crippen LogP contribution in [0.5, 0.6) is 0 Å². The van der Waals surface area contributed by atoms with Gasteiger partial charge in [0.1, 0.15) is 5.82 Å². The molecule has 0 atom stereocenters. The van der Waals surface area contributed by atoms with Crippen LogP contribution < -0.4 is 5.56 Å². The fourth-order valence-corrected chi connectivity index (χ4v) is 3.07. The zero-order valence-corrected chi connectivity index (χ0v) is 13.5. The van der Waals surface area contributed by atoms with Crippen LogP contribution >= 0.6 is 0 Å². The number of hydrogen-bond donors (Lipinski definition) is 0. The minimum absolute atomic E-state index is 0.114. The zero-order valence-electron chi connectivity index (χ0n) is 13.5. The molecule has 0 aromatic carbocycles. The van der Waals surface area contributed by atoms with Gasteiger partial charge in [-0.05, 0) is 20.3 Å². The lowest BCUT2D eigenvalue weighted by molar-refractivity contribution is 0.271. The Balaban J connectivity index is 1.79. The Morgan fingerprint density at radius 2 is 2.05 bits per heavy atom. The second-order valence-corrected chi connectivity index (χ2v) is 5.90. The van der Waals surface area contributed by atoms with E-state index in [-0.39, 0.29) is 5.56 Å². The molecule has 22 heavy (non-hydrogen) atoms. The van der Waals surface area contributed by atoms with E-state index in [1.54, 1.807) is 11.6 Å². The Kier molecular flexibility index (Phi) is 4.11. The molecular weight excluding hydrogens is 278 g/mol. The van der Waals surface area contributed by atoms with Crippen LogP contribution in [0.25, 0.3) is 0 Å². The Morgan fingerprint density at radius 3 is 2.82 bits per heavy atom. The number of nitrogens with zero attached hydrogens (tertiary/aromatic N) is 5. The molecule has 3 rings (SSSR count). The third-order valence-corrected chi connectivity index (χ3v) is 4.56. The van der Waals surface area contributed by atoms with E-state index in [2.05, 4.69) is 26.4 Å². The molecule has 3 heterocycles. The van der Waals surface area contributed by atoms with Gasteiger partial charge in [0.25, 0.3) is 5.56 Å². The second-order valence-electron chi connectivity index (χ2n) is 5.90. The van der Waals surface area contributed by atoms with Gasteiger partial charge in [0.15, 0.2) is 0 Å². The molecule has 2 aromatic heterocycles. The van der Waals surface area contributed by atoms with E-state index in [4.69, 9.17) is 0 Å². The number of hydrogen-bond acceptors (Lipinski definition) is 4. The molecular formula is C16H23N5O. The number of aromatic nitrogens is 4. The molecule has 2 aromatic rings. The molecule has 0 saturated heterocycles. The predicted octanol–water partition coefficient (Wildman–Crippen LogP) is 0.906. The molecule has 0 unspecified atom stereocenters. The Morgan fingerprint density at radius 1 is 1.27 bits per heavy atom. The molecule has 6 heteroatoms. The monoisotopic (exact) mass is 301 g/mol. The van der Waals surface area contributed by atoms with Crippen molar-refractivity contribution in [3.05, 3.63) is 45.7 Å². The summed E-state index contributed by atoms with van der Waals surface area (Å²) < 4.78 is 3.82. The average Bonchev–Trinajstić information content (AvgIpc) is 2.86. The number of imidazole rings is 1. The number of aryl methyl sites for hydroxylation is 2. The van der Waals surface area contributed by atoms with E-state index >= 15 is 0 Å². The van der Waals surface area contributed by atoms with Crippen LogP contribution in [-0.2, 0) is 33.0 Å². The van der Waals surface area contributed by atoms with E-state index in [0.29, 0.717) is 0 Å². The van der Waals surface area contributed by atoms with Crippen LogP contribution in [0.3, 0.4) is 0 Å². The minimum atomic E-state index is 0.114. The average molecular weight is 301 g/mol. The van der Waals surface area contributed by atoms with Crippen LogP contribution in [0.2, 0.25) is 0 Å². The van der Waals surface area contributed by atoms with Gasteiger partial charge in [0, 0.05) is 51.4 Å². The summed E-state index contributed by atoms with van der Waals surface area (Å²) >= 11 is 0. The molecule has 1 aliphatic heterocycles. The number of rotatable bonds is 3. The molecule has 0 fully saturated rings. The molecule has 0 radical (unpaired) electrons. The third-order valence-electron chi connectivity index (χ3n) is 4.56. The van der Waals surface area contributed by atoms with Gasteiger partial charge in [-0.15, -0.1) is 0 Å². The van der Waals surface area contributed by atoms with Gasteiger partial charge in [-0.25, -0.2) is 9.97 Å². The highest BCUT2D eigenvalue weighted by atomic mass is 16.1.